The summed E-state index contributed by atoms with van der Waals surface area (Å²) in [6, 6.07) is 5.57. The third-order valence-corrected chi connectivity index (χ3v) is 5.43. The molecule has 0 aromatic heterocycles. The molecule has 0 aliphatic rings. The summed E-state index contributed by atoms with van der Waals surface area (Å²) in [5, 5.41) is 2.14. The number of rotatable bonds is 9. The van der Waals surface area contributed by atoms with E-state index in [9.17, 15) is 61.9 Å². The molecule has 1 aromatic rings. The first-order valence-electron chi connectivity index (χ1n) is 8.39. The second-order valence-electron chi connectivity index (χ2n) is 6.52. The van der Waals surface area contributed by atoms with E-state index in [4.69, 9.17) is 0 Å². The Morgan fingerprint density at radius 2 is 1.24 bits per heavy atom. The molecule has 0 atom stereocenters. The molecule has 194 valence electrons. The smallest absolute Gasteiger partial charge is 0.352 e. The van der Waals surface area contributed by atoms with Gasteiger partial charge in [-0.3, -0.25) is 4.79 Å². The minimum Gasteiger partial charge on any atom is -0.352 e. The third kappa shape index (κ3) is 5.75. The van der Waals surface area contributed by atoms with Crippen LogP contribution in [-0.2, 0) is 0 Å². The number of hydrogen-bond acceptors (Lipinski definition) is 1. The van der Waals surface area contributed by atoms with Crippen molar-refractivity contribution in [3.8, 4) is 0 Å². The second kappa shape index (κ2) is 10.0. The number of carbonyl (C=O) groups excluding carboxylic acids is 1. The van der Waals surface area contributed by atoms with Crippen molar-refractivity contribution in [1.29, 1.82) is 0 Å². The summed E-state index contributed by atoms with van der Waals surface area (Å²) < 4.78 is 170. The van der Waals surface area contributed by atoms with Gasteiger partial charge < -0.3 is 5.32 Å². The Morgan fingerprint density at radius 3 is 1.68 bits per heavy atom. The average molecular weight is 698 g/mol. The number of benzene rings is 1. The second-order valence-corrected chi connectivity index (χ2v) is 8.82. The van der Waals surface area contributed by atoms with E-state index in [2.05, 4.69) is 21.2 Å². The van der Waals surface area contributed by atoms with Gasteiger partial charge in [0.15, 0.2) is 0 Å². The zero-order chi connectivity index (χ0) is 27.0. The maximum Gasteiger partial charge on any atom is 0.460 e. The SMILES string of the molecule is O=C(NCCC(I)=CC(F)(F)C(F)(F)C(F)(F)C(F)(F)C(F)(F)C(F)(F)F)c1ccc(Br)cc1. The standard InChI is InChI=1S/C17H10BrF13INO/c18-9-3-1-8(2-4-9)11(34)33-6-5-10(32)7-12(19,20)13(21,22)14(23,24)15(25,26)16(27,28)17(29,30)31/h1-4,7H,5-6H2,(H,33,34). The molecule has 0 aliphatic carbocycles. The van der Waals surface area contributed by atoms with Crippen LogP contribution >= 0.6 is 38.5 Å². The Kier molecular flexibility index (Phi) is 9.05. The summed E-state index contributed by atoms with van der Waals surface area (Å²) in [7, 11) is 0. The van der Waals surface area contributed by atoms with Gasteiger partial charge in [0.2, 0.25) is 0 Å². The van der Waals surface area contributed by atoms with Crippen molar-refractivity contribution in [2.75, 3.05) is 6.54 Å². The molecule has 1 aromatic carbocycles. The first-order valence-corrected chi connectivity index (χ1v) is 10.3. The minimum atomic E-state index is -7.94. The summed E-state index contributed by atoms with van der Waals surface area (Å²) in [4.78, 5) is 11.8. The summed E-state index contributed by atoms with van der Waals surface area (Å²) >= 11 is 3.97. The molecule has 0 aliphatic heterocycles. The summed E-state index contributed by atoms with van der Waals surface area (Å²) in [5.41, 5.74) is 0.0755. The van der Waals surface area contributed by atoms with Crippen LogP contribution in [0.5, 0.6) is 0 Å². The highest BCUT2D eigenvalue weighted by Crippen LogP contribution is 2.60. The quantitative estimate of drug-likeness (QED) is 0.209. The van der Waals surface area contributed by atoms with Crippen molar-refractivity contribution in [3.63, 3.8) is 0 Å². The molecule has 2 nitrogen and oxygen atoms in total. The summed E-state index contributed by atoms with van der Waals surface area (Å²) in [6.07, 6.45) is -9.19. The van der Waals surface area contributed by atoms with Crippen molar-refractivity contribution >= 4 is 44.4 Å². The molecule has 0 unspecified atom stereocenters. The van der Waals surface area contributed by atoms with Crippen LogP contribution in [0.1, 0.15) is 16.8 Å². The number of nitrogens with one attached hydrogen (secondary N) is 1. The monoisotopic (exact) mass is 697 g/mol. The van der Waals surface area contributed by atoms with E-state index in [1.807, 2.05) is 0 Å². The maximum absolute atomic E-state index is 13.8. The van der Waals surface area contributed by atoms with Gasteiger partial charge in [-0.1, -0.05) is 15.9 Å². The fourth-order valence-electron chi connectivity index (χ4n) is 2.14. The largest absolute Gasteiger partial charge is 0.460 e. The number of carbonyl (C=O) groups is 1. The lowest BCUT2D eigenvalue weighted by Gasteiger charge is -2.39. The van der Waals surface area contributed by atoms with Crippen molar-refractivity contribution in [2.24, 2.45) is 0 Å². The van der Waals surface area contributed by atoms with Gasteiger partial charge in [0, 0.05) is 22.7 Å². The lowest BCUT2D eigenvalue weighted by molar-refractivity contribution is -0.436. The number of amides is 1. The summed E-state index contributed by atoms with van der Waals surface area (Å²) in [6.45, 7) is -0.552. The lowest BCUT2D eigenvalue weighted by Crippen LogP contribution is -2.69. The van der Waals surface area contributed by atoms with Crippen molar-refractivity contribution < 1.29 is 61.9 Å². The van der Waals surface area contributed by atoms with E-state index in [1.165, 1.54) is 24.3 Å². The van der Waals surface area contributed by atoms with Crippen LogP contribution < -0.4 is 5.32 Å². The molecule has 0 radical (unpaired) electrons. The molecule has 0 saturated heterocycles. The zero-order valence-corrected chi connectivity index (χ0v) is 19.6. The number of allylic oxidation sites excluding steroid dienone is 1. The maximum atomic E-state index is 13.8. The van der Waals surface area contributed by atoms with Gasteiger partial charge >= 0.3 is 35.8 Å². The Labute approximate surface area is 204 Å². The molecule has 0 bridgehead atoms. The molecular weight excluding hydrogens is 688 g/mol. The molecule has 1 N–H and O–H groups in total. The van der Waals surface area contributed by atoms with Crippen LogP contribution in [-0.4, -0.2) is 48.2 Å². The van der Waals surface area contributed by atoms with E-state index in [-0.39, 0.29) is 5.56 Å². The molecule has 17 heteroatoms. The highest BCUT2D eigenvalue weighted by atomic mass is 127. The number of halogens is 15. The molecule has 0 heterocycles. The van der Waals surface area contributed by atoms with Crippen LogP contribution in [0, 0.1) is 0 Å². The zero-order valence-electron chi connectivity index (χ0n) is 15.9. The van der Waals surface area contributed by atoms with Crippen LogP contribution in [0.2, 0.25) is 0 Å². The topological polar surface area (TPSA) is 29.1 Å². The van der Waals surface area contributed by atoms with Gasteiger partial charge in [-0.2, -0.15) is 57.1 Å². The fraction of sp³-hybridized carbons (Fsp3) is 0.471. The number of hydrogen-bond donors (Lipinski definition) is 1. The molecule has 34 heavy (non-hydrogen) atoms. The normalized spacial score (nSPS) is 14.9. The highest BCUT2D eigenvalue weighted by Gasteiger charge is 2.90. The molecular formula is C17H10BrF13INO. The predicted molar refractivity (Wildman–Crippen MR) is 104 cm³/mol. The Bertz CT molecular complexity index is 913. The van der Waals surface area contributed by atoms with Gasteiger partial charge in [0.05, 0.1) is 0 Å². The Balaban J connectivity index is 3.06. The molecule has 0 fully saturated rings. The van der Waals surface area contributed by atoms with Crippen LogP contribution in [0.3, 0.4) is 0 Å². The Morgan fingerprint density at radius 1 is 0.794 bits per heavy atom. The fourth-order valence-corrected chi connectivity index (χ4v) is 3.07. The molecule has 1 rings (SSSR count). The molecule has 1 amide bonds. The highest BCUT2D eigenvalue weighted by molar-refractivity contribution is 14.1. The van der Waals surface area contributed by atoms with Gasteiger partial charge in [-0.05, 0) is 56.9 Å². The minimum absolute atomic E-state index is 0.0755. The van der Waals surface area contributed by atoms with Gasteiger partial charge in [-0.25, -0.2) is 0 Å². The predicted octanol–water partition coefficient (Wildman–Crippen LogP) is 7.63. The first-order chi connectivity index (χ1) is 15.0. The van der Waals surface area contributed by atoms with Crippen molar-refractivity contribution in [1.82, 2.24) is 5.32 Å². The third-order valence-electron chi connectivity index (χ3n) is 4.05. The molecule has 0 saturated carbocycles. The number of alkyl halides is 13. The average Bonchev–Trinajstić information content (AvgIpc) is 2.66. The van der Waals surface area contributed by atoms with Crippen molar-refractivity contribution in [2.45, 2.75) is 42.2 Å². The van der Waals surface area contributed by atoms with Crippen molar-refractivity contribution in [3.05, 3.63) is 44.0 Å². The van der Waals surface area contributed by atoms with Gasteiger partial charge in [-0.15, -0.1) is 0 Å². The lowest BCUT2D eigenvalue weighted by atomic mass is 9.93. The van der Waals surface area contributed by atoms with Crippen LogP contribution in [0.25, 0.3) is 0 Å². The van der Waals surface area contributed by atoms with E-state index in [0.29, 0.717) is 4.47 Å². The Hall–Kier alpha value is -1.27. The van der Waals surface area contributed by atoms with E-state index >= 15 is 0 Å². The first kappa shape index (κ1) is 30.8. The van der Waals surface area contributed by atoms with Gasteiger partial charge in [0.25, 0.3) is 5.91 Å². The van der Waals surface area contributed by atoms with E-state index in [0.717, 1.165) is 22.6 Å². The van der Waals surface area contributed by atoms with Gasteiger partial charge in [0.1, 0.15) is 0 Å². The van der Waals surface area contributed by atoms with E-state index in [1.54, 1.807) is 0 Å². The molecule has 0 spiro atoms. The summed E-state index contributed by atoms with van der Waals surface area (Å²) in [5.74, 6) is -38.0. The van der Waals surface area contributed by atoms with Crippen LogP contribution in [0.15, 0.2) is 38.4 Å². The van der Waals surface area contributed by atoms with Crippen LogP contribution in [0.4, 0.5) is 57.1 Å². The van der Waals surface area contributed by atoms with E-state index < -0.39 is 64.3 Å².